The number of Topliss-reactive ketones (excluding diaryl/α,β-unsaturated/α-hetero) is 1. The number of hydrogen-bond acceptors (Lipinski definition) is 5. The van der Waals surface area contributed by atoms with Crippen molar-refractivity contribution in [2.75, 3.05) is 11.5 Å². The second-order valence-corrected chi connectivity index (χ2v) is 7.71. The zero-order valence-corrected chi connectivity index (χ0v) is 18.3. The number of ether oxygens (including phenoxy) is 1. The molecule has 1 N–H and O–H groups in total. The average Bonchev–Trinajstić information content (AvgIpc) is 3.09. The minimum absolute atomic E-state index is 0.0866. The van der Waals surface area contributed by atoms with Crippen LogP contribution in [0.2, 0.25) is 0 Å². The van der Waals surface area contributed by atoms with Gasteiger partial charge < -0.3 is 9.84 Å². The fourth-order valence-electron chi connectivity index (χ4n) is 3.88. The third kappa shape index (κ3) is 4.09. The van der Waals surface area contributed by atoms with E-state index in [1.807, 2.05) is 13.8 Å². The molecule has 1 atom stereocenters. The minimum Gasteiger partial charge on any atom is -0.507 e. The molecular formula is C26H23FN2O4. The molecule has 1 unspecified atom stereocenters. The van der Waals surface area contributed by atoms with E-state index < -0.39 is 23.5 Å². The molecule has 0 aliphatic carbocycles. The van der Waals surface area contributed by atoms with Crippen LogP contribution in [0.25, 0.3) is 5.76 Å². The fraction of sp³-hybridized carbons (Fsp3) is 0.192. The van der Waals surface area contributed by atoms with Crippen LogP contribution in [0.1, 0.15) is 36.1 Å². The van der Waals surface area contributed by atoms with Gasteiger partial charge in [-0.15, -0.1) is 0 Å². The predicted molar refractivity (Wildman–Crippen MR) is 122 cm³/mol. The zero-order chi connectivity index (χ0) is 23.5. The number of carbonyl (C=O) groups is 2. The van der Waals surface area contributed by atoms with E-state index in [0.29, 0.717) is 17.9 Å². The van der Waals surface area contributed by atoms with E-state index in [1.54, 1.807) is 42.5 Å². The lowest BCUT2D eigenvalue weighted by molar-refractivity contribution is -0.132. The first-order valence-corrected chi connectivity index (χ1v) is 10.6. The highest BCUT2D eigenvalue weighted by Crippen LogP contribution is 2.42. The van der Waals surface area contributed by atoms with Gasteiger partial charge in [0.05, 0.1) is 18.2 Å². The molecule has 0 bridgehead atoms. The third-order valence-electron chi connectivity index (χ3n) is 5.45. The molecule has 6 nitrogen and oxygen atoms in total. The van der Waals surface area contributed by atoms with Crippen LogP contribution in [0, 0.1) is 12.7 Å². The summed E-state index contributed by atoms with van der Waals surface area (Å²) in [5.41, 5.74) is 0.978. The maximum absolute atomic E-state index is 14.9. The number of aryl methyl sites for hydroxylation is 1. The second-order valence-electron chi connectivity index (χ2n) is 7.71. The van der Waals surface area contributed by atoms with Crippen molar-refractivity contribution < 1.29 is 23.8 Å². The van der Waals surface area contributed by atoms with Crippen LogP contribution >= 0.6 is 0 Å². The topological polar surface area (TPSA) is 79.7 Å². The first-order chi connectivity index (χ1) is 15.9. The van der Waals surface area contributed by atoms with Gasteiger partial charge in [-0.25, -0.2) is 9.37 Å². The van der Waals surface area contributed by atoms with Crippen LogP contribution < -0.4 is 9.64 Å². The summed E-state index contributed by atoms with van der Waals surface area (Å²) in [5, 5.41) is 11.2. The van der Waals surface area contributed by atoms with Gasteiger partial charge in [0, 0.05) is 17.3 Å². The molecule has 1 aliphatic heterocycles. The summed E-state index contributed by atoms with van der Waals surface area (Å²) < 4.78 is 20.5. The number of aliphatic hydroxyl groups excluding tert-OH is 1. The molecule has 1 saturated heterocycles. The van der Waals surface area contributed by atoms with Gasteiger partial charge in [0.1, 0.15) is 23.1 Å². The van der Waals surface area contributed by atoms with Crippen LogP contribution in [0.5, 0.6) is 5.75 Å². The van der Waals surface area contributed by atoms with Gasteiger partial charge in [0.15, 0.2) is 0 Å². The lowest BCUT2D eigenvalue weighted by atomic mass is 9.94. The molecule has 3 aromatic rings. The molecule has 1 aromatic heterocycles. The number of halogens is 1. The summed E-state index contributed by atoms with van der Waals surface area (Å²) in [7, 11) is 0. The number of pyridine rings is 1. The first-order valence-electron chi connectivity index (χ1n) is 10.6. The van der Waals surface area contributed by atoms with Crippen molar-refractivity contribution in [2.24, 2.45) is 0 Å². The number of carbonyl (C=O) groups excluding carboxylic acids is 2. The molecule has 4 rings (SSSR count). The molecule has 1 aliphatic rings. The molecule has 0 radical (unpaired) electrons. The SMILES string of the molecule is CCCOc1ccc(C(O)=C2C(=O)C(=O)N(c3ccccn3)C2c2ccccc2F)cc1C. The van der Waals surface area contributed by atoms with Gasteiger partial charge in [-0.05, 0) is 55.3 Å². The Balaban J connectivity index is 1.89. The Morgan fingerprint density at radius 1 is 1.12 bits per heavy atom. The van der Waals surface area contributed by atoms with Crippen LogP contribution in [-0.4, -0.2) is 28.4 Å². The van der Waals surface area contributed by atoms with E-state index in [0.717, 1.165) is 16.9 Å². The van der Waals surface area contributed by atoms with E-state index in [2.05, 4.69) is 4.98 Å². The normalized spacial score (nSPS) is 17.4. The highest BCUT2D eigenvalue weighted by molar-refractivity contribution is 6.51. The third-order valence-corrected chi connectivity index (χ3v) is 5.45. The van der Waals surface area contributed by atoms with Crippen LogP contribution in [0.4, 0.5) is 10.2 Å². The number of benzene rings is 2. The number of hydrogen-bond donors (Lipinski definition) is 1. The quantitative estimate of drug-likeness (QED) is 0.329. The molecule has 7 heteroatoms. The Morgan fingerprint density at radius 3 is 2.55 bits per heavy atom. The van der Waals surface area contributed by atoms with Crippen LogP contribution in [0.15, 0.2) is 72.4 Å². The minimum atomic E-state index is -1.17. The predicted octanol–water partition coefficient (Wildman–Crippen LogP) is 4.94. The Morgan fingerprint density at radius 2 is 1.88 bits per heavy atom. The van der Waals surface area contributed by atoms with E-state index in [4.69, 9.17) is 4.74 Å². The van der Waals surface area contributed by atoms with Crippen LogP contribution in [-0.2, 0) is 9.59 Å². The smallest absolute Gasteiger partial charge is 0.301 e. The molecule has 33 heavy (non-hydrogen) atoms. The number of rotatable bonds is 6. The Labute approximate surface area is 191 Å². The molecule has 0 saturated carbocycles. The van der Waals surface area contributed by atoms with Crippen molar-refractivity contribution in [3.05, 3.63) is 94.9 Å². The summed E-state index contributed by atoms with van der Waals surface area (Å²) >= 11 is 0. The molecule has 2 aromatic carbocycles. The highest BCUT2D eigenvalue weighted by Gasteiger charge is 2.48. The van der Waals surface area contributed by atoms with E-state index in [1.165, 1.54) is 24.4 Å². The Hall–Kier alpha value is -4.00. The average molecular weight is 446 g/mol. The van der Waals surface area contributed by atoms with Gasteiger partial charge in [-0.2, -0.15) is 0 Å². The van der Waals surface area contributed by atoms with Crippen LogP contribution in [0.3, 0.4) is 0 Å². The summed E-state index contributed by atoms with van der Waals surface area (Å²) in [6, 6.07) is 14.6. The van der Waals surface area contributed by atoms with Crippen molar-refractivity contribution >= 4 is 23.3 Å². The molecule has 1 amide bonds. The van der Waals surface area contributed by atoms with Gasteiger partial charge in [-0.3, -0.25) is 14.5 Å². The van der Waals surface area contributed by atoms with Crippen molar-refractivity contribution in [1.82, 2.24) is 4.98 Å². The monoisotopic (exact) mass is 446 g/mol. The maximum atomic E-state index is 14.9. The number of ketones is 1. The fourth-order valence-corrected chi connectivity index (χ4v) is 3.88. The summed E-state index contributed by atoms with van der Waals surface area (Å²) in [6.07, 6.45) is 2.33. The van der Waals surface area contributed by atoms with Crippen molar-refractivity contribution in [2.45, 2.75) is 26.3 Å². The standard InChI is InChI=1S/C26H23FN2O4/c1-3-14-33-20-12-11-17(15-16(20)2)24(30)22-23(18-8-4-5-9-19(18)27)29(26(32)25(22)31)21-10-6-7-13-28-21/h4-13,15,23,30H,3,14H2,1-2H3. The maximum Gasteiger partial charge on any atom is 0.301 e. The second kappa shape index (κ2) is 9.24. The van der Waals surface area contributed by atoms with Crippen molar-refractivity contribution in [3.8, 4) is 5.75 Å². The number of amides is 1. The number of aliphatic hydroxyl groups is 1. The van der Waals surface area contributed by atoms with Crippen molar-refractivity contribution in [1.29, 1.82) is 0 Å². The molecule has 1 fully saturated rings. The number of aromatic nitrogens is 1. The molecule has 168 valence electrons. The van der Waals surface area contributed by atoms with E-state index in [-0.39, 0.29) is 22.7 Å². The number of nitrogens with zero attached hydrogens (tertiary/aromatic N) is 2. The molecule has 0 spiro atoms. The van der Waals surface area contributed by atoms with E-state index >= 15 is 0 Å². The molecule has 2 heterocycles. The molecular weight excluding hydrogens is 423 g/mol. The van der Waals surface area contributed by atoms with Crippen molar-refractivity contribution in [3.63, 3.8) is 0 Å². The zero-order valence-electron chi connectivity index (χ0n) is 18.3. The van der Waals surface area contributed by atoms with Gasteiger partial charge in [-0.1, -0.05) is 31.2 Å². The number of anilines is 1. The summed E-state index contributed by atoms with van der Waals surface area (Å²) in [5.74, 6) is -1.93. The summed E-state index contributed by atoms with van der Waals surface area (Å²) in [6.45, 7) is 4.37. The largest absolute Gasteiger partial charge is 0.507 e. The Bertz CT molecular complexity index is 1240. The lowest BCUT2D eigenvalue weighted by Gasteiger charge is -2.24. The van der Waals surface area contributed by atoms with E-state index in [9.17, 15) is 19.1 Å². The van der Waals surface area contributed by atoms with Gasteiger partial charge in [0.2, 0.25) is 0 Å². The highest BCUT2D eigenvalue weighted by atomic mass is 19.1. The van der Waals surface area contributed by atoms with Gasteiger partial charge >= 0.3 is 5.91 Å². The van der Waals surface area contributed by atoms with Gasteiger partial charge in [0.25, 0.3) is 5.78 Å². The summed E-state index contributed by atoms with van der Waals surface area (Å²) in [4.78, 5) is 31.4. The lowest BCUT2D eigenvalue weighted by Crippen LogP contribution is -2.30. The Kier molecular flexibility index (Phi) is 6.22. The first kappa shape index (κ1) is 22.2.